The number of nitrogens with zero attached hydrogens (tertiary/aromatic N) is 1. The number of carbonyl (C=O) groups is 1. The van der Waals surface area contributed by atoms with Crippen LogP contribution in [0.2, 0.25) is 0 Å². The van der Waals surface area contributed by atoms with E-state index in [1.807, 2.05) is 0 Å². The molecule has 1 aromatic rings. The fourth-order valence-electron chi connectivity index (χ4n) is 1.05. The fourth-order valence-corrected chi connectivity index (χ4v) is 1.05. The molecule has 5 heteroatoms. The van der Waals surface area contributed by atoms with Crippen molar-refractivity contribution in [2.24, 2.45) is 0 Å². The number of methoxy groups -OCH3 is 1. The molecule has 0 amide bonds. The lowest BCUT2D eigenvalue weighted by atomic mass is 10.1. The van der Waals surface area contributed by atoms with Gasteiger partial charge in [0.25, 0.3) is 5.69 Å². The summed E-state index contributed by atoms with van der Waals surface area (Å²) in [7, 11) is 1.18. The summed E-state index contributed by atoms with van der Waals surface area (Å²) in [5.74, 6) is 1.57. The van der Waals surface area contributed by atoms with Crippen molar-refractivity contribution in [3.8, 4) is 12.3 Å². The third-order valence-corrected chi connectivity index (χ3v) is 1.77. The van der Waals surface area contributed by atoms with E-state index in [0.29, 0.717) is 0 Å². The second-order valence-corrected chi connectivity index (χ2v) is 2.62. The maximum Gasteiger partial charge on any atom is 0.339 e. The van der Waals surface area contributed by atoms with Crippen LogP contribution in [0.5, 0.6) is 0 Å². The van der Waals surface area contributed by atoms with E-state index < -0.39 is 10.9 Å². The molecule has 1 rings (SSSR count). The second kappa shape index (κ2) is 4.24. The molecule has 0 aliphatic rings. The Hall–Kier alpha value is -2.35. The molecule has 0 unspecified atom stereocenters. The molecule has 0 saturated carbocycles. The number of ether oxygens (including phenoxy) is 1. The summed E-state index contributed by atoms with van der Waals surface area (Å²) in [5, 5.41) is 10.5. The van der Waals surface area contributed by atoms with Gasteiger partial charge >= 0.3 is 5.97 Å². The summed E-state index contributed by atoms with van der Waals surface area (Å²) in [6.45, 7) is 0. The van der Waals surface area contributed by atoms with Gasteiger partial charge in [0.2, 0.25) is 0 Å². The second-order valence-electron chi connectivity index (χ2n) is 2.62. The SMILES string of the molecule is C#Cc1ccc([N+](=O)[O-])cc1C(=O)OC. The summed E-state index contributed by atoms with van der Waals surface area (Å²) in [6, 6.07) is 3.67. The third-order valence-electron chi connectivity index (χ3n) is 1.77. The van der Waals surface area contributed by atoms with E-state index in [2.05, 4.69) is 10.7 Å². The average molecular weight is 205 g/mol. The number of carbonyl (C=O) groups excluding carboxylic acids is 1. The summed E-state index contributed by atoms with van der Waals surface area (Å²) in [4.78, 5) is 21.1. The van der Waals surface area contributed by atoms with Crippen LogP contribution in [0, 0.1) is 22.5 Å². The van der Waals surface area contributed by atoms with Crippen LogP contribution in [0.1, 0.15) is 15.9 Å². The molecule has 1 aromatic carbocycles. The highest BCUT2D eigenvalue weighted by Crippen LogP contribution is 2.17. The Bertz CT molecular complexity index is 459. The lowest BCUT2D eigenvalue weighted by Crippen LogP contribution is -2.05. The van der Waals surface area contributed by atoms with Gasteiger partial charge in [-0.25, -0.2) is 4.79 Å². The molecule has 0 atom stereocenters. The maximum absolute atomic E-state index is 11.2. The van der Waals surface area contributed by atoms with Crippen LogP contribution < -0.4 is 0 Å². The number of hydrogen-bond acceptors (Lipinski definition) is 4. The molecule has 0 heterocycles. The normalized spacial score (nSPS) is 9.07. The first kappa shape index (κ1) is 10.7. The average Bonchev–Trinajstić information content (AvgIpc) is 2.27. The number of hydrogen-bond donors (Lipinski definition) is 0. The standard InChI is InChI=1S/C10H7NO4/c1-3-7-4-5-8(11(13)14)6-9(7)10(12)15-2/h1,4-6H,2H3. The van der Waals surface area contributed by atoms with Gasteiger partial charge in [0.1, 0.15) is 0 Å². The molecule has 0 N–H and O–H groups in total. The zero-order chi connectivity index (χ0) is 11.4. The van der Waals surface area contributed by atoms with E-state index >= 15 is 0 Å². The topological polar surface area (TPSA) is 69.4 Å². The molecular formula is C10H7NO4. The zero-order valence-corrected chi connectivity index (χ0v) is 7.89. The van der Waals surface area contributed by atoms with E-state index in [4.69, 9.17) is 6.42 Å². The molecule has 0 bridgehead atoms. The van der Waals surface area contributed by atoms with Gasteiger partial charge in [0.05, 0.1) is 17.6 Å². The monoisotopic (exact) mass is 205 g/mol. The Labute approximate surface area is 85.8 Å². The van der Waals surface area contributed by atoms with Gasteiger partial charge in [0, 0.05) is 17.7 Å². The van der Waals surface area contributed by atoms with Gasteiger partial charge in [0.15, 0.2) is 0 Å². The van der Waals surface area contributed by atoms with Gasteiger partial charge in [-0.2, -0.15) is 0 Å². The molecule has 0 saturated heterocycles. The van der Waals surface area contributed by atoms with Crippen LogP contribution in [-0.4, -0.2) is 18.0 Å². The van der Waals surface area contributed by atoms with E-state index in [-0.39, 0.29) is 16.8 Å². The third kappa shape index (κ3) is 2.11. The lowest BCUT2D eigenvalue weighted by Gasteiger charge is -2.01. The molecule has 0 radical (unpaired) electrons. The minimum Gasteiger partial charge on any atom is -0.465 e. The number of esters is 1. The molecular weight excluding hydrogens is 198 g/mol. The molecule has 0 aliphatic heterocycles. The number of nitro groups is 1. The van der Waals surface area contributed by atoms with Crippen LogP contribution in [0.15, 0.2) is 18.2 Å². The Kier molecular flexibility index (Phi) is 3.03. The maximum atomic E-state index is 11.2. The largest absolute Gasteiger partial charge is 0.465 e. The van der Waals surface area contributed by atoms with Crippen LogP contribution >= 0.6 is 0 Å². The van der Waals surface area contributed by atoms with Gasteiger partial charge in [-0.1, -0.05) is 5.92 Å². The lowest BCUT2D eigenvalue weighted by molar-refractivity contribution is -0.384. The summed E-state index contributed by atoms with van der Waals surface area (Å²) < 4.78 is 4.46. The molecule has 0 fully saturated rings. The van der Waals surface area contributed by atoms with Crippen molar-refractivity contribution in [1.82, 2.24) is 0 Å². The predicted octanol–water partition coefficient (Wildman–Crippen LogP) is 1.36. The Morgan fingerprint density at radius 3 is 2.73 bits per heavy atom. The highest BCUT2D eigenvalue weighted by atomic mass is 16.6. The Morgan fingerprint density at radius 2 is 2.27 bits per heavy atom. The molecule has 15 heavy (non-hydrogen) atoms. The summed E-state index contributed by atoms with van der Waals surface area (Å²) in [6.07, 6.45) is 5.14. The number of terminal acetylenes is 1. The van der Waals surface area contributed by atoms with Crippen molar-refractivity contribution in [1.29, 1.82) is 0 Å². The van der Waals surface area contributed by atoms with Crippen LogP contribution in [0.25, 0.3) is 0 Å². The molecule has 0 spiro atoms. The molecule has 76 valence electrons. The van der Waals surface area contributed by atoms with Crippen molar-refractivity contribution in [3.05, 3.63) is 39.4 Å². The van der Waals surface area contributed by atoms with Crippen LogP contribution in [0.3, 0.4) is 0 Å². The first-order valence-electron chi connectivity index (χ1n) is 3.93. The number of nitro benzene ring substituents is 1. The van der Waals surface area contributed by atoms with Crippen LogP contribution in [0.4, 0.5) is 5.69 Å². The predicted molar refractivity (Wildman–Crippen MR) is 52.4 cm³/mol. The zero-order valence-electron chi connectivity index (χ0n) is 7.89. The highest BCUT2D eigenvalue weighted by molar-refractivity contribution is 5.93. The van der Waals surface area contributed by atoms with E-state index in [0.717, 1.165) is 6.07 Å². The van der Waals surface area contributed by atoms with E-state index in [1.54, 1.807) is 0 Å². The Balaban J connectivity index is 3.33. The van der Waals surface area contributed by atoms with Gasteiger partial charge in [-0.05, 0) is 6.07 Å². The minimum atomic E-state index is -0.688. The summed E-state index contributed by atoms with van der Waals surface area (Å²) in [5.41, 5.74) is 0.0936. The molecule has 0 aromatic heterocycles. The van der Waals surface area contributed by atoms with Gasteiger partial charge in [-0.15, -0.1) is 6.42 Å². The summed E-state index contributed by atoms with van der Waals surface area (Å²) >= 11 is 0. The first-order chi connectivity index (χ1) is 7.10. The molecule has 5 nitrogen and oxygen atoms in total. The van der Waals surface area contributed by atoms with Crippen LogP contribution in [-0.2, 0) is 4.74 Å². The van der Waals surface area contributed by atoms with Crippen molar-refractivity contribution in [2.45, 2.75) is 0 Å². The van der Waals surface area contributed by atoms with Gasteiger partial charge < -0.3 is 4.74 Å². The fraction of sp³-hybridized carbons (Fsp3) is 0.100. The number of non-ortho nitro benzene ring substituents is 1. The van der Waals surface area contributed by atoms with Crippen molar-refractivity contribution < 1.29 is 14.5 Å². The van der Waals surface area contributed by atoms with Crippen molar-refractivity contribution >= 4 is 11.7 Å². The minimum absolute atomic E-state index is 0.0224. The van der Waals surface area contributed by atoms with E-state index in [1.165, 1.54) is 19.2 Å². The molecule has 0 aliphatic carbocycles. The Morgan fingerprint density at radius 1 is 1.60 bits per heavy atom. The van der Waals surface area contributed by atoms with Crippen molar-refractivity contribution in [2.75, 3.05) is 7.11 Å². The first-order valence-corrected chi connectivity index (χ1v) is 3.93. The smallest absolute Gasteiger partial charge is 0.339 e. The van der Waals surface area contributed by atoms with Crippen molar-refractivity contribution in [3.63, 3.8) is 0 Å². The quantitative estimate of drug-likeness (QED) is 0.316. The van der Waals surface area contributed by atoms with Gasteiger partial charge in [-0.3, -0.25) is 10.1 Å². The number of benzene rings is 1. The highest BCUT2D eigenvalue weighted by Gasteiger charge is 2.15. The number of rotatable bonds is 2. The van der Waals surface area contributed by atoms with E-state index in [9.17, 15) is 14.9 Å².